The van der Waals surface area contributed by atoms with Crippen LogP contribution in [0.5, 0.6) is 11.5 Å². The summed E-state index contributed by atoms with van der Waals surface area (Å²) in [6.45, 7) is 12.2. The number of nitrogens with one attached hydrogen (secondary N) is 1. The average molecular weight is 882 g/mol. The van der Waals surface area contributed by atoms with Crippen LogP contribution in [0.2, 0.25) is 0 Å². The van der Waals surface area contributed by atoms with Crippen LogP contribution in [0.3, 0.4) is 0 Å². The van der Waals surface area contributed by atoms with Crippen molar-refractivity contribution in [3.05, 3.63) is 95.6 Å². The Kier molecular flexibility index (Phi) is 14.4. The molecule has 0 aromatic heterocycles. The molecule has 2 amide bonds. The molecule has 334 valence electrons. The summed E-state index contributed by atoms with van der Waals surface area (Å²) >= 11 is 0. The van der Waals surface area contributed by atoms with Crippen molar-refractivity contribution in [2.45, 2.75) is 102 Å². The van der Waals surface area contributed by atoms with E-state index < -0.39 is 61.9 Å². The van der Waals surface area contributed by atoms with Crippen molar-refractivity contribution in [1.29, 1.82) is 5.26 Å². The second-order valence-electron chi connectivity index (χ2n) is 16.5. The molecule has 7 rings (SSSR count). The van der Waals surface area contributed by atoms with Crippen molar-refractivity contribution in [1.82, 2.24) is 14.9 Å². The van der Waals surface area contributed by atoms with Gasteiger partial charge in [-0.15, -0.1) is 0 Å². The van der Waals surface area contributed by atoms with Crippen LogP contribution in [0.4, 0.5) is 0 Å². The highest BCUT2D eigenvalue weighted by molar-refractivity contribution is 7.44. The molecule has 1 N–H and O–H groups in total. The fourth-order valence-corrected chi connectivity index (χ4v) is 10.1. The number of carbonyl (C=O) groups is 2. The second-order valence-corrected chi connectivity index (χ2v) is 17.9. The maximum atomic E-state index is 13.4. The quantitative estimate of drug-likeness (QED) is 0.0854. The number of hydrogen-bond acceptors (Lipinski definition) is 13. The van der Waals surface area contributed by atoms with E-state index in [0.29, 0.717) is 17.9 Å². The van der Waals surface area contributed by atoms with Gasteiger partial charge in [0.05, 0.1) is 52.9 Å². The number of hydrogen-bond donors (Lipinski definition) is 1. The normalized spacial score (nSPS) is 24.2. The summed E-state index contributed by atoms with van der Waals surface area (Å²) in [6, 6.07) is 26.8. The Morgan fingerprint density at radius 1 is 0.984 bits per heavy atom. The molecule has 4 aliphatic rings. The lowest BCUT2D eigenvalue weighted by Crippen LogP contribution is -2.56. The molecule has 0 aliphatic carbocycles. The molecular weight excluding hydrogens is 826 g/mol. The number of amides is 2. The first-order valence-corrected chi connectivity index (χ1v) is 22.4. The van der Waals surface area contributed by atoms with E-state index in [4.69, 9.17) is 32.7 Å². The number of benzene rings is 3. The van der Waals surface area contributed by atoms with E-state index in [9.17, 15) is 14.9 Å². The minimum absolute atomic E-state index is 0.00740. The van der Waals surface area contributed by atoms with E-state index in [1.807, 2.05) is 78.9 Å². The Balaban J connectivity index is 1.36. The summed E-state index contributed by atoms with van der Waals surface area (Å²) in [5.41, 5.74) is 0.128. The Hall–Kier alpha value is -5.11. The molecule has 2 fully saturated rings. The van der Waals surface area contributed by atoms with Gasteiger partial charge in [0.25, 0.3) is 20.3 Å². The van der Waals surface area contributed by atoms with Crippen LogP contribution in [-0.4, -0.2) is 116 Å². The Morgan fingerprint density at radius 3 is 2.17 bits per heavy atom. The molecule has 63 heavy (non-hydrogen) atoms. The standard InChI is InChI=1S/C46H56N7O9P/c1-29(2)41(54)50-44-49-40-37(42(55)51-44)48-28-52(40)43-38-39(62-63(60-25-12-24-47)53(30(3)4)31(5)6)45(61-43,23-26-58-38)27-59-46(32-13-10-9-11-14-32,33-15-19-35(56-7)20-16-33)34-17-21-36(57-8)22-18-34/h9-11,13-22,28-31,37-39,43H,12,23,25-27H2,1-8H3,(H,50,51,54,55)/t37?,38-,39+,43-,45-,63?/m1/s1. The highest BCUT2D eigenvalue weighted by Gasteiger charge is 2.64. The second kappa shape index (κ2) is 19.7. The number of rotatable bonds is 18. The zero-order chi connectivity index (χ0) is 44.9. The van der Waals surface area contributed by atoms with E-state index in [0.717, 1.165) is 16.7 Å². The van der Waals surface area contributed by atoms with Crippen LogP contribution in [0.15, 0.2) is 93.8 Å². The van der Waals surface area contributed by atoms with Gasteiger partial charge in [0.1, 0.15) is 34.9 Å². The van der Waals surface area contributed by atoms with Crippen LogP contribution in [0.25, 0.3) is 0 Å². The number of methoxy groups -OCH3 is 2. The number of amidine groups is 1. The number of guanidine groups is 1. The van der Waals surface area contributed by atoms with Gasteiger partial charge in [-0.1, -0.05) is 68.4 Å². The first kappa shape index (κ1) is 45.9. The maximum absolute atomic E-state index is 13.4. The lowest BCUT2D eigenvalue weighted by molar-refractivity contribution is -0.167. The lowest BCUT2D eigenvalue weighted by atomic mass is 9.79. The molecule has 6 atom stereocenters. The van der Waals surface area contributed by atoms with Crippen LogP contribution in [0, 0.1) is 17.2 Å². The third-order valence-electron chi connectivity index (χ3n) is 11.4. The lowest BCUT2D eigenvalue weighted by Gasteiger charge is -2.45. The van der Waals surface area contributed by atoms with Gasteiger partial charge in [0.15, 0.2) is 18.1 Å². The molecule has 0 radical (unpaired) electrons. The minimum atomic E-state index is -1.81. The van der Waals surface area contributed by atoms with Crippen molar-refractivity contribution in [3.63, 3.8) is 0 Å². The monoisotopic (exact) mass is 881 g/mol. The van der Waals surface area contributed by atoms with Gasteiger partial charge in [-0.05, 0) is 68.7 Å². The minimum Gasteiger partial charge on any atom is -0.497 e. The van der Waals surface area contributed by atoms with Crippen LogP contribution in [0.1, 0.15) is 71.1 Å². The van der Waals surface area contributed by atoms with E-state index in [-0.39, 0.29) is 50.1 Å². The van der Waals surface area contributed by atoms with Gasteiger partial charge < -0.3 is 32.7 Å². The number of aliphatic imine (C=N–C) groups is 3. The molecule has 17 heteroatoms. The van der Waals surface area contributed by atoms with Gasteiger partial charge >= 0.3 is 0 Å². The van der Waals surface area contributed by atoms with Gasteiger partial charge in [-0.3, -0.25) is 24.8 Å². The van der Waals surface area contributed by atoms with Crippen molar-refractivity contribution in [3.8, 4) is 17.6 Å². The van der Waals surface area contributed by atoms with Gasteiger partial charge in [0.2, 0.25) is 5.96 Å². The summed E-state index contributed by atoms with van der Waals surface area (Å²) in [5, 5.41) is 12.1. The largest absolute Gasteiger partial charge is 0.497 e. The van der Waals surface area contributed by atoms with E-state index in [1.54, 1.807) is 33.0 Å². The van der Waals surface area contributed by atoms with Crippen LogP contribution >= 0.6 is 8.53 Å². The van der Waals surface area contributed by atoms with Gasteiger partial charge in [0, 0.05) is 24.4 Å². The van der Waals surface area contributed by atoms with E-state index >= 15 is 0 Å². The maximum Gasteiger partial charge on any atom is 0.259 e. The van der Waals surface area contributed by atoms with Crippen molar-refractivity contribution >= 4 is 38.5 Å². The third-order valence-corrected chi connectivity index (χ3v) is 13.5. The molecule has 4 aliphatic heterocycles. The summed E-state index contributed by atoms with van der Waals surface area (Å²) in [4.78, 5) is 41.0. The molecule has 2 saturated heterocycles. The van der Waals surface area contributed by atoms with Crippen molar-refractivity contribution in [2.24, 2.45) is 20.9 Å². The van der Waals surface area contributed by atoms with Crippen molar-refractivity contribution < 1.29 is 42.3 Å². The molecule has 4 heterocycles. The first-order chi connectivity index (χ1) is 30.3. The number of ether oxygens (including phenoxy) is 5. The highest BCUT2D eigenvalue weighted by Crippen LogP contribution is 2.55. The molecular formula is C46H56N7O9P. The van der Waals surface area contributed by atoms with E-state index in [2.05, 4.69) is 58.7 Å². The Morgan fingerprint density at radius 2 is 1.60 bits per heavy atom. The van der Waals surface area contributed by atoms with E-state index in [1.165, 1.54) is 6.34 Å². The molecule has 3 aromatic carbocycles. The smallest absolute Gasteiger partial charge is 0.259 e. The average Bonchev–Trinajstić information content (AvgIpc) is 3.76. The molecule has 0 saturated carbocycles. The summed E-state index contributed by atoms with van der Waals surface area (Å²) in [5.74, 6) is 0.164. The molecule has 3 aromatic rings. The molecule has 2 unspecified atom stereocenters. The molecule has 0 spiro atoms. The summed E-state index contributed by atoms with van der Waals surface area (Å²) < 4.78 is 48.5. The van der Waals surface area contributed by atoms with Gasteiger partial charge in [-0.25, -0.2) is 4.67 Å². The highest BCUT2D eigenvalue weighted by atomic mass is 31.2. The Labute approximate surface area is 370 Å². The fourth-order valence-electron chi connectivity index (χ4n) is 8.32. The number of nitriles is 1. The van der Waals surface area contributed by atoms with Crippen LogP contribution < -0.4 is 14.8 Å². The summed E-state index contributed by atoms with van der Waals surface area (Å²) in [7, 11) is 1.45. The zero-order valence-electron chi connectivity index (χ0n) is 37.0. The number of carbonyl (C=O) groups excluding carboxylic acids is 2. The number of nitrogens with zero attached hydrogens (tertiary/aromatic N) is 6. The predicted octanol–water partition coefficient (Wildman–Crippen LogP) is 6.34. The molecule has 16 nitrogen and oxygen atoms in total. The SMILES string of the molecule is COc1ccc(C(OC[C@@]23CCO[C@@H]([C@H](N4C=NC5C(=O)NC(=NC(=O)C(C)C)N=C54)O2)[C@@H]3OP(OCCC#N)N(C(C)C)C(C)C)(c2ccccc2)c2ccc(OC)cc2)cc1. The predicted molar refractivity (Wildman–Crippen MR) is 237 cm³/mol. The summed E-state index contributed by atoms with van der Waals surface area (Å²) in [6.07, 6.45) is -0.479. The third kappa shape index (κ3) is 9.28. The fraction of sp³-hybridized carbons (Fsp3) is 0.478. The van der Waals surface area contributed by atoms with Crippen LogP contribution in [-0.2, 0) is 38.4 Å². The Bertz CT molecular complexity index is 2160. The number of fused-ring (bicyclic) bond motifs is 3. The topological polar surface area (TPSA) is 178 Å². The zero-order valence-corrected chi connectivity index (χ0v) is 37.9. The first-order valence-electron chi connectivity index (χ1n) is 21.2. The van der Waals surface area contributed by atoms with Crippen molar-refractivity contribution in [2.75, 3.05) is 34.0 Å². The molecule has 2 bridgehead atoms. The van der Waals surface area contributed by atoms with Gasteiger partial charge in [-0.2, -0.15) is 15.2 Å².